The minimum Gasteiger partial charge on any atom is -0.349 e. The molecule has 1 aromatic heterocycles. The van der Waals surface area contributed by atoms with Crippen LogP contribution in [0, 0.1) is 23.0 Å². The maximum absolute atomic E-state index is 14.2. The highest BCUT2D eigenvalue weighted by Gasteiger charge is 2.22. The fourth-order valence-corrected chi connectivity index (χ4v) is 3.98. The van der Waals surface area contributed by atoms with Crippen LogP contribution in [0.1, 0.15) is 38.3 Å². The molecule has 29 heavy (non-hydrogen) atoms. The highest BCUT2D eigenvalue weighted by atomic mass is 32.1. The highest BCUT2D eigenvalue weighted by Crippen LogP contribution is 2.31. The third-order valence-corrected chi connectivity index (χ3v) is 5.36. The predicted octanol–water partition coefficient (Wildman–Crippen LogP) is 4.07. The van der Waals surface area contributed by atoms with Crippen LogP contribution in [-0.2, 0) is 9.59 Å². The molecule has 9 heteroatoms. The van der Waals surface area contributed by atoms with Crippen LogP contribution in [0.2, 0.25) is 0 Å². The summed E-state index contributed by atoms with van der Waals surface area (Å²) in [6.07, 6.45) is 5.20. The predicted molar refractivity (Wildman–Crippen MR) is 105 cm³/mol. The molecule has 1 aliphatic carbocycles. The van der Waals surface area contributed by atoms with Gasteiger partial charge in [0.25, 0.3) is 5.91 Å². The molecule has 2 aromatic rings. The highest BCUT2D eigenvalue weighted by molar-refractivity contribution is 7.14. The molecule has 3 rings (SSSR count). The van der Waals surface area contributed by atoms with Gasteiger partial charge in [-0.05, 0) is 31.1 Å². The van der Waals surface area contributed by atoms with Gasteiger partial charge in [-0.15, -0.1) is 11.3 Å². The monoisotopic (exact) mass is 416 g/mol. The van der Waals surface area contributed by atoms with Gasteiger partial charge in [-0.2, -0.15) is 5.26 Å². The number of hydrogen-bond acceptors (Lipinski definition) is 5. The quantitative estimate of drug-likeness (QED) is 0.588. The zero-order valence-corrected chi connectivity index (χ0v) is 16.4. The molecule has 1 aliphatic rings. The topological polar surface area (TPSA) is 86.1 Å². The number of amides is 2. The molecule has 0 atom stereocenters. The molecule has 0 radical (unpaired) electrons. The number of nitrogens with one attached hydrogen (secondary N) is 1. The molecule has 6 nitrogen and oxygen atoms in total. The summed E-state index contributed by atoms with van der Waals surface area (Å²) in [5.41, 5.74) is 0.0521. The Morgan fingerprint density at radius 1 is 1.34 bits per heavy atom. The van der Waals surface area contributed by atoms with Crippen molar-refractivity contribution in [3.05, 3.63) is 46.5 Å². The number of benzene rings is 1. The van der Waals surface area contributed by atoms with Crippen molar-refractivity contribution in [1.82, 2.24) is 10.3 Å². The molecule has 1 fully saturated rings. The lowest BCUT2D eigenvalue weighted by Crippen LogP contribution is -2.33. The second-order valence-corrected chi connectivity index (χ2v) is 7.47. The number of carbonyl (C=O) groups excluding carboxylic acids is 2. The Bertz CT molecular complexity index is 1010. The summed E-state index contributed by atoms with van der Waals surface area (Å²) in [5, 5.41) is 13.8. The first-order chi connectivity index (χ1) is 13.9. The fourth-order valence-electron chi connectivity index (χ4n) is 3.14. The van der Waals surface area contributed by atoms with E-state index in [4.69, 9.17) is 0 Å². The van der Waals surface area contributed by atoms with E-state index < -0.39 is 23.4 Å². The summed E-state index contributed by atoms with van der Waals surface area (Å²) in [6, 6.07) is 4.81. The number of rotatable bonds is 5. The van der Waals surface area contributed by atoms with E-state index in [-0.39, 0.29) is 28.1 Å². The van der Waals surface area contributed by atoms with Crippen molar-refractivity contribution in [1.29, 1.82) is 5.26 Å². The lowest BCUT2D eigenvalue weighted by molar-refractivity contribution is -0.118. The Morgan fingerprint density at radius 3 is 2.69 bits per heavy atom. The van der Waals surface area contributed by atoms with Gasteiger partial charge in [0.1, 0.15) is 23.3 Å². The van der Waals surface area contributed by atoms with E-state index in [1.807, 2.05) is 6.07 Å². The summed E-state index contributed by atoms with van der Waals surface area (Å²) in [4.78, 5) is 29.6. The Morgan fingerprint density at radius 2 is 2.07 bits per heavy atom. The van der Waals surface area contributed by atoms with E-state index >= 15 is 0 Å². The van der Waals surface area contributed by atoms with E-state index in [1.165, 1.54) is 13.0 Å². The summed E-state index contributed by atoms with van der Waals surface area (Å²) in [5.74, 6) is -2.65. The van der Waals surface area contributed by atoms with Crippen molar-refractivity contribution in [3.8, 4) is 6.07 Å². The normalized spacial score (nSPS) is 14.5. The van der Waals surface area contributed by atoms with Crippen molar-refractivity contribution in [2.75, 3.05) is 4.90 Å². The first-order valence-corrected chi connectivity index (χ1v) is 9.91. The molecule has 0 saturated heterocycles. The average molecular weight is 416 g/mol. The van der Waals surface area contributed by atoms with Gasteiger partial charge in [0.2, 0.25) is 5.91 Å². The lowest BCUT2D eigenvalue weighted by atomic mass is 10.2. The van der Waals surface area contributed by atoms with Gasteiger partial charge in [0.15, 0.2) is 5.13 Å². The molecule has 0 spiro atoms. The summed E-state index contributed by atoms with van der Waals surface area (Å²) in [7, 11) is 0. The number of carbonyl (C=O) groups is 2. The standard InChI is InChI=1S/C20H18F2N4O2S/c1-12(27)26(18-7-6-14(21)9-17(18)22)20-25-16(11-29-20)8-13(10-23)19(28)24-15-4-2-3-5-15/h6-9,11,15H,2-5H2,1H3,(H,24,28)/b13-8+. The zero-order valence-electron chi connectivity index (χ0n) is 15.6. The van der Waals surface area contributed by atoms with Crippen LogP contribution in [0.4, 0.5) is 19.6 Å². The maximum Gasteiger partial charge on any atom is 0.262 e. The summed E-state index contributed by atoms with van der Waals surface area (Å²) < 4.78 is 27.3. The summed E-state index contributed by atoms with van der Waals surface area (Å²) in [6.45, 7) is 1.23. The Balaban J connectivity index is 1.85. The van der Waals surface area contributed by atoms with E-state index in [0.29, 0.717) is 6.07 Å². The molecular formula is C20H18F2N4O2S. The molecule has 1 aromatic carbocycles. The second-order valence-electron chi connectivity index (χ2n) is 6.63. The van der Waals surface area contributed by atoms with Crippen LogP contribution >= 0.6 is 11.3 Å². The zero-order chi connectivity index (χ0) is 21.0. The van der Waals surface area contributed by atoms with Crippen molar-refractivity contribution in [2.24, 2.45) is 0 Å². The molecule has 0 unspecified atom stereocenters. The van der Waals surface area contributed by atoms with Gasteiger partial charge in [0.05, 0.1) is 11.4 Å². The minimum absolute atomic E-state index is 0.0694. The van der Waals surface area contributed by atoms with Crippen LogP contribution in [0.5, 0.6) is 0 Å². The van der Waals surface area contributed by atoms with Crippen LogP contribution in [-0.4, -0.2) is 22.8 Å². The number of thiazole rings is 1. The number of nitrogens with zero attached hydrogens (tertiary/aromatic N) is 3. The number of halogens is 2. The van der Waals surface area contributed by atoms with Gasteiger partial charge in [0, 0.05) is 24.4 Å². The van der Waals surface area contributed by atoms with Crippen LogP contribution < -0.4 is 10.2 Å². The van der Waals surface area contributed by atoms with Crippen molar-refractivity contribution in [2.45, 2.75) is 38.6 Å². The molecule has 1 N–H and O–H groups in total. The number of hydrogen-bond donors (Lipinski definition) is 1. The lowest BCUT2D eigenvalue weighted by Gasteiger charge is -2.18. The van der Waals surface area contributed by atoms with Gasteiger partial charge in [-0.25, -0.2) is 13.8 Å². The van der Waals surface area contributed by atoms with Crippen molar-refractivity contribution in [3.63, 3.8) is 0 Å². The second kappa shape index (κ2) is 8.92. The molecule has 0 bridgehead atoms. The Labute approximate surface area is 170 Å². The van der Waals surface area contributed by atoms with Gasteiger partial charge in [-0.1, -0.05) is 12.8 Å². The smallest absolute Gasteiger partial charge is 0.262 e. The van der Waals surface area contributed by atoms with Crippen LogP contribution in [0.3, 0.4) is 0 Å². The molecule has 1 heterocycles. The molecule has 2 amide bonds. The van der Waals surface area contributed by atoms with Crippen molar-refractivity contribution < 1.29 is 18.4 Å². The molecular weight excluding hydrogens is 398 g/mol. The molecule has 1 saturated carbocycles. The first-order valence-electron chi connectivity index (χ1n) is 9.03. The number of nitriles is 1. The van der Waals surface area contributed by atoms with Crippen LogP contribution in [0.25, 0.3) is 6.08 Å². The van der Waals surface area contributed by atoms with E-state index in [9.17, 15) is 23.6 Å². The van der Waals surface area contributed by atoms with Gasteiger partial charge < -0.3 is 5.32 Å². The Kier molecular flexibility index (Phi) is 6.34. The SMILES string of the molecule is CC(=O)N(c1nc(/C=C(\C#N)C(=O)NC2CCCC2)cs1)c1ccc(F)cc1F. The van der Waals surface area contributed by atoms with E-state index in [2.05, 4.69) is 10.3 Å². The van der Waals surface area contributed by atoms with E-state index in [0.717, 1.165) is 54.1 Å². The minimum atomic E-state index is -0.902. The van der Waals surface area contributed by atoms with Gasteiger partial charge in [-0.3, -0.25) is 14.5 Å². The largest absolute Gasteiger partial charge is 0.349 e. The third-order valence-electron chi connectivity index (χ3n) is 4.51. The first kappa shape index (κ1) is 20.6. The average Bonchev–Trinajstić information content (AvgIpc) is 3.33. The Hall–Kier alpha value is -3.12. The molecule has 0 aliphatic heterocycles. The van der Waals surface area contributed by atoms with E-state index in [1.54, 1.807) is 5.38 Å². The third kappa shape index (κ3) is 4.84. The summed E-state index contributed by atoms with van der Waals surface area (Å²) >= 11 is 1.04. The number of aromatic nitrogens is 1. The van der Waals surface area contributed by atoms with Gasteiger partial charge >= 0.3 is 0 Å². The van der Waals surface area contributed by atoms with Crippen molar-refractivity contribution >= 4 is 40.0 Å². The number of anilines is 2. The maximum atomic E-state index is 14.2. The fraction of sp³-hybridized carbons (Fsp3) is 0.300. The van der Waals surface area contributed by atoms with Crippen LogP contribution in [0.15, 0.2) is 29.2 Å². The molecule has 150 valence electrons.